The Morgan fingerprint density at radius 2 is 1.90 bits per heavy atom. The zero-order valence-electron chi connectivity index (χ0n) is 16.9. The van der Waals surface area contributed by atoms with Crippen molar-refractivity contribution in [1.29, 1.82) is 0 Å². The van der Waals surface area contributed by atoms with Gasteiger partial charge in [0.05, 0.1) is 10.3 Å². The molecule has 1 aliphatic heterocycles. The van der Waals surface area contributed by atoms with Crippen LogP contribution in [-0.4, -0.2) is 37.4 Å². The Morgan fingerprint density at radius 1 is 1.17 bits per heavy atom. The lowest BCUT2D eigenvalue weighted by Gasteiger charge is -2.30. The number of rotatable bonds is 6. The fourth-order valence-corrected chi connectivity index (χ4v) is 4.53. The van der Waals surface area contributed by atoms with E-state index >= 15 is 0 Å². The van der Waals surface area contributed by atoms with E-state index in [1.165, 1.54) is 22.9 Å². The van der Waals surface area contributed by atoms with Gasteiger partial charge in [0.15, 0.2) is 11.0 Å². The molecule has 0 saturated carbocycles. The molecule has 2 heterocycles. The van der Waals surface area contributed by atoms with Crippen LogP contribution in [0, 0.1) is 0 Å². The minimum atomic E-state index is -0.254. The molecule has 6 nitrogen and oxygen atoms in total. The van der Waals surface area contributed by atoms with E-state index in [9.17, 15) is 4.79 Å². The second-order valence-corrected chi connectivity index (χ2v) is 8.93. The smallest absolute Gasteiger partial charge is 0.236 e. The minimum absolute atomic E-state index is 0.117. The first-order valence-corrected chi connectivity index (χ1v) is 11.1. The van der Waals surface area contributed by atoms with Crippen LogP contribution < -0.4 is 4.74 Å². The third kappa shape index (κ3) is 4.47. The number of hydrogen-bond acceptors (Lipinski definition) is 5. The van der Waals surface area contributed by atoms with Crippen molar-refractivity contribution in [2.45, 2.75) is 36.9 Å². The van der Waals surface area contributed by atoms with Crippen LogP contribution >= 0.6 is 23.4 Å². The number of para-hydroxylation sites is 1. The third-order valence-electron chi connectivity index (χ3n) is 5.19. The highest BCUT2D eigenvalue weighted by Gasteiger charge is 2.26. The molecule has 8 heteroatoms. The number of carbonyl (C=O) groups excluding carboxylic acids is 1. The van der Waals surface area contributed by atoms with Gasteiger partial charge in [-0.05, 0) is 36.6 Å². The summed E-state index contributed by atoms with van der Waals surface area (Å²) in [6.07, 6.45) is 0.896. The fraction of sp³-hybridized carbons (Fsp3) is 0.318. The molecule has 156 valence electrons. The monoisotopic (exact) mass is 442 g/mol. The molecule has 3 aromatic rings. The number of halogens is 1. The summed E-state index contributed by atoms with van der Waals surface area (Å²) in [5.74, 6) is 1.39. The highest BCUT2D eigenvalue weighted by atomic mass is 35.5. The lowest BCUT2D eigenvalue weighted by Crippen LogP contribution is -2.40. The lowest BCUT2D eigenvalue weighted by atomic mass is 10.00. The van der Waals surface area contributed by atoms with Gasteiger partial charge in [-0.15, -0.1) is 10.2 Å². The summed E-state index contributed by atoms with van der Waals surface area (Å²) in [5, 5.41) is 9.44. The van der Waals surface area contributed by atoms with E-state index in [2.05, 4.69) is 28.4 Å². The number of benzene rings is 2. The summed E-state index contributed by atoms with van der Waals surface area (Å²) >= 11 is 7.55. The summed E-state index contributed by atoms with van der Waals surface area (Å²) in [5.41, 5.74) is 2.56. The van der Waals surface area contributed by atoms with Gasteiger partial charge in [0.2, 0.25) is 5.91 Å². The zero-order chi connectivity index (χ0) is 21.1. The molecule has 1 aliphatic rings. The average Bonchev–Trinajstić information content (AvgIpc) is 3.11. The Labute approximate surface area is 185 Å². The van der Waals surface area contributed by atoms with Gasteiger partial charge >= 0.3 is 0 Å². The van der Waals surface area contributed by atoms with E-state index in [-0.39, 0.29) is 17.8 Å². The van der Waals surface area contributed by atoms with Crippen LogP contribution in [0.1, 0.15) is 23.9 Å². The second kappa shape index (κ2) is 9.10. The standard InChI is InChI=1S/C22H23ClN4O2S/c1-15(21(28)27-12-11-16-7-3-4-8-17(16)13-27)30-22-25-24-20(26(22)2)14-29-19-10-6-5-9-18(19)23/h3-10,15H,11-14H2,1-2H3. The molecule has 0 saturated heterocycles. The summed E-state index contributed by atoms with van der Waals surface area (Å²) in [7, 11) is 1.88. The van der Waals surface area contributed by atoms with Crippen LogP contribution in [0.3, 0.4) is 0 Å². The van der Waals surface area contributed by atoms with E-state index in [0.717, 1.165) is 13.0 Å². The average molecular weight is 443 g/mol. The molecule has 0 N–H and O–H groups in total. The first-order chi connectivity index (χ1) is 14.5. The van der Waals surface area contributed by atoms with Gasteiger partial charge in [-0.25, -0.2) is 0 Å². The predicted octanol–water partition coefficient (Wildman–Crippen LogP) is 4.11. The first kappa shape index (κ1) is 20.8. The normalized spacial score (nSPS) is 14.3. The maximum atomic E-state index is 13.0. The highest BCUT2D eigenvalue weighted by Crippen LogP contribution is 2.27. The molecule has 0 radical (unpaired) electrons. The van der Waals surface area contributed by atoms with Crippen molar-refractivity contribution in [3.05, 3.63) is 70.5 Å². The van der Waals surface area contributed by atoms with E-state index in [1.54, 1.807) is 6.07 Å². The summed E-state index contributed by atoms with van der Waals surface area (Å²) in [6, 6.07) is 15.6. The third-order valence-corrected chi connectivity index (χ3v) is 6.62. The molecular weight excluding hydrogens is 420 g/mol. The number of amides is 1. The Morgan fingerprint density at radius 3 is 2.70 bits per heavy atom. The van der Waals surface area contributed by atoms with E-state index in [4.69, 9.17) is 16.3 Å². The molecule has 0 spiro atoms. The van der Waals surface area contributed by atoms with Crippen LogP contribution in [0.5, 0.6) is 5.75 Å². The Hall–Kier alpha value is -2.51. The quantitative estimate of drug-likeness (QED) is 0.537. The maximum Gasteiger partial charge on any atom is 0.236 e. The molecule has 1 aromatic heterocycles. The molecule has 0 fully saturated rings. The highest BCUT2D eigenvalue weighted by molar-refractivity contribution is 8.00. The number of ether oxygens (including phenoxy) is 1. The van der Waals surface area contributed by atoms with E-state index < -0.39 is 0 Å². The van der Waals surface area contributed by atoms with Gasteiger partial charge in [0, 0.05) is 20.1 Å². The number of carbonyl (C=O) groups is 1. The largest absolute Gasteiger partial charge is 0.484 e. The molecule has 4 rings (SSSR count). The molecule has 0 aliphatic carbocycles. The number of aromatic nitrogens is 3. The van der Waals surface area contributed by atoms with Crippen LogP contribution in [0.15, 0.2) is 53.7 Å². The summed E-state index contributed by atoms with van der Waals surface area (Å²) < 4.78 is 7.62. The van der Waals surface area contributed by atoms with E-state index in [1.807, 2.05) is 47.7 Å². The Bertz CT molecular complexity index is 1060. The second-order valence-electron chi connectivity index (χ2n) is 7.22. The number of fused-ring (bicyclic) bond motifs is 1. The first-order valence-electron chi connectivity index (χ1n) is 9.80. The van der Waals surface area contributed by atoms with Crippen molar-refractivity contribution in [2.24, 2.45) is 7.05 Å². The van der Waals surface area contributed by atoms with Crippen molar-refractivity contribution in [1.82, 2.24) is 19.7 Å². The van der Waals surface area contributed by atoms with Crippen molar-refractivity contribution in [3.8, 4) is 5.75 Å². The summed E-state index contributed by atoms with van der Waals surface area (Å²) in [6.45, 7) is 3.58. The molecule has 2 aromatic carbocycles. The van der Waals surface area contributed by atoms with Gasteiger partial charge in [-0.2, -0.15) is 0 Å². The van der Waals surface area contributed by atoms with Crippen molar-refractivity contribution in [3.63, 3.8) is 0 Å². The van der Waals surface area contributed by atoms with Crippen molar-refractivity contribution < 1.29 is 9.53 Å². The molecule has 1 amide bonds. The maximum absolute atomic E-state index is 13.0. The van der Waals surface area contributed by atoms with Crippen LogP contribution in [-0.2, 0) is 31.4 Å². The molecule has 0 bridgehead atoms. The van der Waals surface area contributed by atoms with Crippen molar-refractivity contribution >= 4 is 29.3 Å². The molecule has 1 atom stereocenters. The number of thioether (sulfide) groups is 1. The van der Waals surface area contributed by atoms with Crippen LogP contribution in [0.25, 0.3) is 0 Å². The number of nitrogens with zero attached hydrogens (tertiary/aromatic N) is 4. The molecule has 1 unspecified atom stereocenters. The Kier molecular flexibility index (Phi) is 6.29. The van der Waals surface area contributed by atoms with E-state index in [0.29, 0.717) is 28.3 Å². The van der Waals surface area contributed by atoms with Crippen LogP contribution in [0.4, 0.5) is 0 Å². The minimum Gasteiger partial charge on any atom is -0.484 e. The van der Waals surface area contributed by atoms with Gasteiger partial charge < -0.3 is 14.2 Å². The fourth-order valence-electron chi connectivity index (χ4n) is 3.43. The van der Waals surface area contributed by atoms with Crippen molar-refractivity contribution in [2.75, 3.05) is 6.54 Å². The van der Waals surface area contributed by atoms with Gasteiger partial charge in [0.1, 0.15) is 12.4 Å². The molecule has 30 heavy (non-hydrogen) atoms. The summed E-state index contributed by atoms with van der Waals surface area (Å²) in [4.78, 5) is 14.9. The topological polar surface area (TPSA) is 60.3 Å². The number of hydrogen-bond donors (Lipinski definition) is 0. The predicted molar refractivity (Wildman–Crippen MR) is 118 cm³/mol. The van der Waals surface area contributed by atoms with Gasteiger partial charge in [0.25, 0.3) is 0 Å². The lowest BCUT2D eigenvalue weighted by molar-refractivity contribution is -0.131. The zero-order valence-corrected chi connectivity index (χ0v) is 18.5. The molecular formula is C22H23ClN4O2S. The van der Waals surface area contributed by atoms with Crippen LogP contribution in [0.2, 0.25) is 5.02 Å². The van der Waals surface area contributed by atoms with Gasteiger partial charge in [-0.3, -0.25) is 4.79 Å². The SMILES string of the molecule is CC(Sc1nnc(COc2ccccc2Cl)n1C)C(=O)N1CCc2ccccc2C1. The Balaban J connectivity index is 1.37. The van der Waals surface area contributed by atoms with Gasteiger partial charge in [-0.1, -0.05) is 59.8 Å².